The molecule has 1 saturated heterocycles. The molecule has 4 aromatic rings. The van der Waals surface area contributed by atoms with Crippen molar-refractivity contribution >= 4 is 33.4 Å². The van der Waals surface area contributed by atoms with Crippen molar-refractivity contribution in [3.05, 3.63) is 70.0 Å². The minimum Gasteiger partial charge on any atom is -0.352 e. The highest BCUT2D eigenvalue weighted by Crippen LogP contribution is 2.34. The van der Waals surface area contributed by atoms with Gasteiger partial charge in [0.1, 0.15) is 23.9 Å². The van der Waals surface area contributed by atoms with E-state index in [2.05, 4.69) is 25.8 Å². The van der Waals surface area contributed by atoms with E-state index in [1.165, 1.54) is 24.5 Å². The van der Waals surface area contributed by atoms with Crippen LogP contribution in [-0.2, 0) is 13.0 Å². The van der Waals surface area contributed by atoms with Crippen molar-refractivity contribution in [2.75, 3.05) is 37.6 Å². The van der Waals surface area contributed by atoms with Crippen LogP contribution < -0.4 is 4.90 Å². The lowest BCUT2D eigenvalue weighted by Gasteiger charge is -2.35. The van der Waals surface area contributed by atoms with Gasteiger partial charge >= 0.3 is 0 Å². The van der Waals surface area contributed by atoms with Crippen LogP contribution in [0.3, 0.4) is 0 Å². The molecule has 35 heavy (non-hydrogen) atoms. The Morgan fingerprint density at radius 3 is 2.57 bits per heavy atom. The number of fused-ring (bicyclic) bond motifs is 3. The van der Waals surface area contributed by atoms with Gasteiger partial charge in [0.15, 0.2) is 17.5 Å². The molecule has 0 unspecified atom stereocenters. The average molecular weight is 477 g/mol. The topological polar surface area (TPSA) is 104 Å². The Balaban J connectivity index is 1.39. The number of hydrogen-bond acceptors (Lipinski definition) is 7. The largest absolute Gasteiger partial charge is 0.352 e. The molecule has 0 atom stereocenters. The van der Waals surface area contributed by atoms with Gasteiger partial charge in [0, 0.05) is 50.2 Å². The van der Waals surface area contributed by atoms with Gasteiger partial charge in [-0.3, -0.25) is 15.0 Å². The van der Waals surface area contributed by atoms with E-state index in [-0.39, 0.29) is 12.2 Å². The first-order valence-corrected chi connectivity index (χ1v) is 11.2. The second-order valence-corrected chi connectivity index (χ2v) is 8.42. The van der Waals surface area contributed by atoms with E-state index in [0.717, 1.165) is 31.3 Å². The lowest BCUT2D eigenvalue weighted by atomic mass is 10.1. The molecule has 0 bridgehead atoms. The third-order valence-corrected chi connectivity index (χ3v) is 6.41. The Morgan fingerprint density at radius 2 is 1.86 bits per heavy atom. The van der Waals surface area contributed by atoms with Crippen LogP contribution in [0.1, 0.15) is 5.56 Å². The molecule has 1 aliphatic heterocycles. The second-order valence-electron chi connectivity index (χ2n) is 8.42. The van der Waals surface area contributed by atoms with Gasteiger partial charge < -0.3 is 9.47 Å². The highest BCUT2D eigenvalue weighted by molar-refractivity contribution is 6.09. The summed E-state index contributed by atoms with van der Waals surface area (Å²) in [5.74, 6) is -0.996. The van der Waals surface area contributed by atoms with Crippen molar-refractivity contribution in [3.63, 3.8) is 0 Å². The summed E-state index contributed by atoms with van der Waals surface area (Å²) in [5.41, 5.74) is 2.66. The Morgan fingerprint density at radius 1 is 1.06 bits per heavy atom. The highest BCUT2D eigenvalue weighted by atomic mass is 19.2. The lowest BCUT2D eigenvalue weighted by Crippen LogP contribution is -2.47. The fourth-order valence-electron chi connectivity index (χ4n) is 4.63. The predicted octanol–water partition coefficient (Wildman–Crippen LogP) is 3.66. The molecule has 5 rings (SSSR count). The summed E-state index contributed by atoms with van der Waals surface area (Å²) in [6.45, 7) is 3.64. The summed E-state index contributed by atoms with van der Waals surface area (Å²) < 4.78 is 28.4. The number of nitro benzene ring substituents is 1. The summed E-state index contributed by atoms with van der Waals surface area (Å²) in [7, 11) is 0. The number of piperazine rings is 1. The van der Waals surface area contributed by atoms with E-state index in [4.69, 9.17) is 0 Å². The van der Waals surface area contributed by atoms with Gasteiger partial charge in [0.2, 0.25) is 0 Å². The summed E-state index contributed by atoms with van der Waals surface area (Å²) in [6.07, 6.45) is 2.06. The molecule has 3 heterocycles. The van der Waals surface area contributed by atoms with Crippen LogP contribution >= 0.6 is 0 Å². The molecule has 0 aliphatic carbocycles. The Labute approximate surface area is 199 Å². The first-order chi connectivity index (χ1) is 17.0. The van der Waals surface area contributed by atoms with Crippen molar-refractivity contribution in [2.24, 2.45) is 0 Å². The van der Waals surface area contributed by atoms with E-state index in [1.807, 2.05) is 0 Å². The number of non-ortho nitro benzene ring substituents is 1. The quantitative estimate of drug-likeness (QED) is 0.308. The molecule has 0 amide bonds. The van der Waals surface area contributed by atoms with Gasteiger partial charge in [-0.25, -0.2) is 18.7 Å². The molecule has 178 valence electrons. The van der Waals surface area contributed by atoms with Crippen molar-refractivity contribution < 1.29 is 13.7 Å². The molecule has 2 aromatic heterocycles. The summed E-state index contributed by atoms with van der Waals surface area (Å²) in [5, 5.41) is 21.3. The number of hydrogen-bond donors (Lipinski definition) is 0. The van der Waals surface area contributed by atoms with Crippen molar-refractivity contribution in [3.8, 4) is 6.07 Å². The van der Waals surface area contributed by atoms with E-state index in [1.54, 1.807) is 16.7 Å². The third kappa shape index (κ3) is 4.24. The van der Waals surface area contributed by atoms with Gasteiger partial charge in [0.25, 0.3) is 5.69 Å². The maximum atomic E-state index is 13.5. The first kappa shape index (κ1) is 22.6. The number of halogens is 2. The number of rotatable bonds is 6. The van der Waals surface area contributed by atoms with E-state index in [0.29, 0.717) is 47.3 Å². The first-order valence-electron chi connectivity index (χ1n) is 11.2. The van der Waals surface area contributed by atoms with Crippen LogP contribution in [0.25, 0.3) is 21.9 Å². The molecule has 11 heteroatoms. The standard InChI is InChI=1S/C24H21F2N7O2/c25-19-3-1-16(13-20(19)26)5-7-30-9-11-31(12-10-30)24-23-22(28-15-29-24)18-14-17(33(34)35)2-4-21(18)32(23)8-6-27/h1-4,13-15H,5,7-12H2. The minimum atomic E-state index is -0.845. The van der Waals surface area contributed by atoms with Gasteiger partial charge in [0.05, 0.1) is 16.5 Å². The average Bonchev–Trinajstić information content (AvgIpc) is 3.18. The van der Waals surface area contributed by atoms with Crippen molar-refractivity contribution in [1.82, 2.24) is 19.4 Å². The van der Waals surface area contributed by atoms with Crippen LogP contribution in [0.4, 0.5) is 20.3 Å². The Bertz CT molecular complexity index is 1470. The zero-order chi connectivity index (χ0) is 24.5. The third-order valence-electron chi connectivity index (χ3n) is 6.41. The number of nitriles is 1. The summed E-state index contributed by atoms with van der Waals surface area (Å²) in [6, 6.07) is 10.7. The Hall–Kier alpha value is -4.17. The van der Waals surface area contributed by atoms with E-state index in [9.17, 15) is 24.2 Å². The maximum absolute atomic E-state index is 13.5. The Kier molecular flexibility index (Phi) is 5.96. The summed E-state index contributed by atoms with van der Waals surface area (Å²) >= 11 is 0. The zero-order valence-electron chi connectivity index (χ0n) is 18.7. The number of nitrogens with zero attached hydrogens (tertiary/aromatic N) is 7. The second kappa shape index (κ2) is 9.23. The number of benzene rings is 2. The molecule has 0 N–H and O–H groups in total. The molecular formula is C24H21F2N7O2. The molecular weight excluding hydrogens is 456 g/mol. The SMILES string of the molecule is N#CCn1c2ccc([N+](=O)[O-])cc2c2ncnc(N3CCN(CCc4ccc(F)c(F)c4)CC3)c21. The smallest absolute Gasteiger partial charge is 0.270 e. The lowest BCUT2D eigenvalue weighted by molar-refractivity contribution is -0.384. The van der Waals surface area contributed by atoms with Crippen molar-refractivity contribution in [1.29, 1.82) is 5.26 Å². The van der Waals surface area contributed by atoms with Gasteiger partial charge in [-0.15, -0.1) is 0 Å². The fraction of sp³-hybridized carbons (Fsp3) is 0.292. The van der Waals surface area contributed by atoms with Crippen molar-refractivity contribution in [2.45, 2.75) is 13.0 Å². The highest BCUT2D eigenvalue weighted by Gasteiger charge is 2.24. The van der Waals surface area contributed by atoms with Crippen LogP contribution in [-0.4, -0.2) is 57.1 Å². The van der Waals surface area contributed by atoms with E-state index >= 15 is 0 Å². The maximum Gasteiger partial charge on any atom is 0.270 e. The number of aromatic nitrogens is 3. The number of anilines is 1. The summed E-state index contributed by atoms with van der Waals surface area (Å²) in [4.78, 5) is 24.1. The normalized spacial score (nSPS) is 14.5. The molecule has 9 nitrogen and oxygen atoms in total. The van der Waals surface area contributed by atoms with Gasteiger partial charge in [-0.1, -0.05) is 6.07 Å². The predicted molar refractivity (Wildman–Crippen MR) is 126 cm³/mol. The molecule has 0 saturated carbocycles. The monoisotopic (exact) mass is 477 g/mol. The molecule has 0 spiro atoms. The zero-order valence-corrected chi connectivity index (χ0v) is 18.7. The molecule has 1 aliphatic rings. The van der Waals surface area contributed by atoms with E-state index < -0.39 is 16.6 Å². The van der Waals surface area contributed by atoms with Gasteiger partial charge in [-0.05, 0) is 30.2 Å². The van der Waals surface area contributed by atoms with Gasteiger partial charge in [-0.2, -0.15) is 5.26 Å². The van der Waals surface area contributed by atoms with Crippen LogP contribution in [0.2, 0.25) is 0 Å². The fourth-order valence-corrected chi connectivity index (χ4v) is 4.63. The van der Waals surface area contributed by atoms with Crippen LogP contribution in [0.15, 0.2) is 42.7 Å². The molecule has 0 radical (unpaired) electrons. The molecule has 1 fully saturated rings. The minimum absolute atomic E-state index is 0.0386. The van der Waals surface area contributed by atoms with Crippen LogP contribution in [0.5, 0.6) is 0 Å². The molecule has 2 aromatic carbocycles. The number of nitro groups is 1. The van der Waals surface area contributed by atoms with Crippen LogP contribution in [0, 0.1) is 33.1 Å².